The minimum Gasteiger partial charge on any atom is -0.504 e. The molecule has 31 nitrogen and oxygen atoms in total. The molecule has 13 atom stereocenters. The van der Waals surface area contributed by atoms with Crippen molar-refractivity contribution in [2.75, 3.05) is 66.8 Å². The monoisotopic (exact) mass is 1510 g/mol. The van der Waals surface area contributed by atoms with Gasteiger partial charge >= 0.3 is 6.09 Å². The number of hydrogen-bond donors (Lipinski definition) is 14. The third kappa shape index (κ3) is 20.1. The van der Waals surface area contributed by atoms with E-state index in [0.717, 1.165) is 89.3 Å². The summed E-state index contributed by atoms with van der Waals surface area (Å²) >= 11 is 1.29. The van der Waals surface area contributed by atoms with Gasteiger partial charge in [0.15, 0.2) is 18.1 Å². The maximum atomic E-state index is 15.3. The molecule has 0 saturated carbocycles. The van der Waals surface area contributed by atoms with Gasteiger partial charge in [-0.15, -0.1) is 10.2 Å². The van der Waals surface area contributed by atoms with E-state index in [-0.39, 0.29) is 35.9 Å². The summed E-state index contributed by atoms with van der Waals surface area (Å²) in [4.78, 5) is 131. The molecule has 5 aromatic carbocycles. The van der Waals surface area contributed by atoms with Gasteiger partial charge in [-0.2, -0.15) is 0 Å². The fraction of sp³-hybridized carbons (Fsp3) is 0.461. The third-order valence-electron chi connectivity index (χ3n) is 19.6. The lowest BCUT2D eigenvalue weighted by atomic mass is 9.98. The number of aliphatic hydroxyl groups is 6. The van der Waals surface area contributed by atoms with Crippen LogP contribution >= 0.6 is 11.3 Å². The number of carbonyl (C=O) groups excluding carboxylic acids is 9. The van der Waals surface area contributed by atoms with Crippen molar-refractivity contribution in [1.82, 2.24) is 57.2 Å². The maximum Gasteiger partial charge on any atom is 0.407 e. The van der Waals surface area contributed by atoms with E-state index >= 15 is 9.59 Å². The molecule has 4 heterocycles. The fourth-order valence-electron chi connectivity index (χ4n) is 13.7. The van der Waals surface area contributed by atoms with Crippen LogP contribution in [-0.4, -0.2) is 249 Å². The van der Waals surface area contributed by atoms with Crippen LogP contribution in [0.15, 0.2) is 115 Å². The number of hydrogen-bond acceptors (Lipinski definition) is 23. The SMILES string of the molecule is CNC(=O)COc1cc(C[C@@H](O)[C@@H]2NC(=O)[C@@H]3C[C@@H](O)CN3C(=O)[C@H]([C@@H](C)O)NC(=O)[C@@H](NC(=O)c3ccc(-c4nnc(-c5ccc(OCCCCCCCOC)cc5)s4)cc3)C[C@@H](O)CNC(=O)[C@@H]3[C@@H](O)[C@@H](C)CN3C(=O)[C@H]([C@H](O)CCNC(=O)OCC3c4ccccc4-c4ccccc43)NC2=O)ccc1O. The fourth-order valence-corrected chi connectivity index (χ4v) is 14.5. The Kier molecular flexibility index (Phi) is 27.9. The number of unbranched alkanes of at least 4 members (excludes halogenated alkanes) is 4. The van der Waals surface area contributed by atoms with Crippen LogP contribution in [0.25, 0.3) is 32.3 Å². The Morgan fingerprint density at radius 2 is 1.30 bits per heavy atom. The van der Waals surface area contributed by atoms with E-state index in [2.05, 4.69) is 47.4 Å². The number of aromatic nitrogens is 2. The number of ether oxygens (including phenoxy) is 4. The summed E-state index contributed by atoms with van der Waals surface area (Å²) < 4.78 is 22.3. The number of nitrogens with one attached hydrogen (secondary N) is 7. The van der Waals surface area contributed by atoms with E-state index in [1.807, 2.05) is 72.8 Å². The molecule has 10 rings (SSSR count). The number of benzene rings is 5. The second kappa shape index (κ2) is 37.6. The summed E-state index contributed by atoms with van der Waals surface area (Å²) in [6, 6.07) is 21.0. The number of nitrogens with zero attached hydrogens (tertiary/aromatic N) is 4. The predicted molar refractivity (Wildman–Crippen MR) is 391 cm³/mol. The standard InChI is InChI=1S/C76H93N11O20S/c1-41-37-87-65(66(41)95)71(100)79-36-47(89)34-55(80-67(96)44-19-21-45(22-20-44)72-84-85-73(108-72)46-23-25-49(26-24-46)105-31-13-7-5-6-12-30-104-4)68(97)81-62(42(2)88)74(101)86-38-48(90)35-56(86)69(98)82-63(59(93)32-43-18-27-57(91)60(33-43)106-40-61(94)77-3)70(99)83-64(75(87)102)58(92)28-29-78-76(103)107-39-54-52-16-10-8-14-50(52)51-15-9-11-17-53(51)54/h8-11,14-27,33,41-42,47-48,54-56,58-59,62-66,88-93,95H,5-7,12-13,28-32,34-40H2,1-4H3,(H,77,94)(H,78,103)(H,79,100)(H,80,96)(H,81,97)(H,82,98)(H,83,99)/t41-,42+,47+,48+,55-,56-,58+,59+,62-,63-,64-,65-,66-/m0/s1. The van der Waals surface area contributed by atoms with Crippen molar-refractivity contribution in [2.45, 2.75) is 150 Å². The normalized spacial score (nSPS) is 23.0. The van der Waals surface area contributed by atoms with Crippen molar-refractivity contribution in [2.24, 2.45) is 5.92 Å². The topological polar surface area (TPSA) is 449 Å². The lowest BCUT2D eigenvalue weighted by Gasteiger charge is -2.34. The van der Waals surface area contributed by atoms with Gasteiger partial charge in [-0.3, -0.25) is 38.4 Å². The minimum atomic E-state index is -2.18. The summed E-state index contributed by atoms with van der Waals surface area (Å²) in [7, 11) is 3.05. The Morgan fingerprint density at radius 1 is 0.676 bits per heavy atom. The van der Waals surface area contributed by atoms with Gasteiger partial charge in [0, 0.05) is 94.7 Å². The number of fused-ring (bicyclic) bond motifs is 5. The third-order valence-corrected chi connectivity index (χ3v) is 20.6. The molecule has 0 bridgehead atoms. The first kappa shape index (κ1) is 80.4. The highest BCUT2D eigenvalue weighted by atomic mass is 32.1. The molecule has 0 unspecified atom stereocenters. The van der Waals surface area contributed by atoms with Crippen LogP contribution < -0.4 is 46.7 Å². The van der Waals surface area contributed by atoms with E-state index in [1.165, 1.54) is 49.6 Å². The molecule has 32 heteroatoms. The van der Waals surface area contributed by atoms with Gasteiger partial charge in [0.05, 0.1) is 43.2 Å². The van der Waals surface area contributed by atoms with Crippen LogP contribution in [-0.2, 0) is 49.5 Å². The molecular weight excluding hydrogens is 1420 g/mol. The zero-order chi connectivity index (χ0) is 77.3. The molecule has 6 aromatic rings. The lowest BCUT2D eigenvalue weighted by molar-refractivity contribution is -0.147. The number of carbonyl (C=O) groups is 9. The average molecular weight is 1510 g/mol. The summed E-state index contributed by atoms with van der Waals surface area (Å²) in [5, 5.41) is 108. The number of aliphatic hydroxyl groups excluding tert-OH is 6. The molecule has 108 heavy (non-hydrogen) atoms. The smallest absolute Gasteiger partial charge is 0.407 e. The Bertz CT molecular complexity index is 4100. The highest BCUT2D eigenvalue weighted by Crippen LogP contribution is 2.45. The van der Waals surface area contributed by atoms with Crippen LogP contribution in [0.3, 0.4) is 0 Å². The molecule has 1 aliphatic carbocycles. The number of phenolic OH excluding ortho intramolecular Hbond substituents is 1. The van der Waals surface area contributed by atoms with E-state index in [0.29, 0.717) is 27.9 Å². The molecular formula is C76H93N11O20S. The van der Waals surface area contributed by atoms with Crippen LogP contribution in [0.5, 0.6) is 17.2 Å². The van der Waals surface area contributed by atoms with Crippen LogP contribution in [0.4, 0.5) is 4.79 Å². The molecule has 0 radical (unpaired) electrons. The van der Waals surface area contributed by atoms with Crippen molar-refractivity contribution < 1.29 is 97.8 Å². The maximum absolute atomic E-state index is 15.3. The second-order valence-corrected chi connectivity index (χ2v) is 28.4. The van der Waals surface area contributed by atoms with Gasteiger partial charge in [-0.05, 0) is 103 Å². The van der Waals surface area contributed by atoms with Crippen LogP contribution in [0.2, 0.25) is 0 Å². The molecule has 4 aliphatic rings. The number of alkyl carbamates (subject to hydrolysis) is 1. The zero-order valence-corrected chi connectivity index (χ0v) is 61.0. The average Bonchev–Trinajstić information content (AvgIpc) is 1.62. The molecule has 3 aliphatic heterocycles. The quantitative estimate of drug-likeness (QED) is 0.0343. The predicted octanol–water partition coefficient (Wildman–Crippen LogP) is 1.56. The second-order valence-electron chi connectivity index (χ2n) is 27.4. The van der Waals surface area contributed by atoms with Gasteiger partial charge in [-0.1, -0.05) is 104 Å². The van der Waals surface area contributed by atoms with Crippen molar-refractivity contribution >= 4 is 64.7 Å². The number of rotatable bonds is 26. The molecule has 3 fully saturated rings. The number of aromatic hydroxyl groups is 1. The lowest BCUT2D eigenvalue weighted by Crippen LogP contribution is -2.64. The van der Waals surface area contributed by atoms with Crippen molar-refractivity contribution in [1.29, 1.82) is 0 Å². The Labute approximate surface area is 627 Å². The number of methoxy groups -OCH3 is 1. The summed E-state index contributed by atoms with van der Waals surface area (Å²) in [5.74, 6) is -9.74. The van der Waals surface area contributed by atoms with Gasteiger partial charge in [0.2, 0.25) is 35.4 Å². The molecule has 0 spiro atoms. The number of phenols is 1. The highest BCUT2D eigenvalue weighted by molar-refractivity contribution is 7.17. The molecule has 14 N–H and O–H groups in total. The van der Waals surface area contributed by atoms with Gasteiger partial charge in [0.25, 0.3) is 11.8 Å². The number of β-amino-alcohol motifs (C(OH)–C–C–N with tert-alkyl or cyclic N) is 1. The Balaban J connectivity index is 0.902. The first-order chi connectivity index (χ1) is 51.9. The van der Waals surface area contributed by atoms with Crippen molar-refractivity contribution in [3.05, 3.63) is 138 Å². The van der Waals surface area contributed by atoms with Crippen LogP contribution in [0, 0.1) is 5.92 Å². The summed E-state index contributed by atoms with van der Waals surface area (Å²) in [6.45, 7) is 1.23. The first-order valence-electron chi connectivity index (χ1n) is 36.0. The Hall–Kier alpha value is -10.2. The van der Waals surface area contributed by atoms with E-state index < -0.39 is 190 Å². The molecule has 3 saturated heterocycles. The van der Waals surface area contributed by atoms with Gasteiger partial charge < -0.3 is 102 Å². The molecule has 578 valence electrons. The van der Waals surface area contributed by atoms with Crippen LogP contribution in [0.1, 0.15) is 98.2 Å². The molecule has 1 aromatic heterocycles. The van der Waals surface area contributed by atoms with E-state index in [9.17, 15) is 69.3 Å². The largest absolute Gasteiger partial charge is 0.504 e. The van der Waals surface area contributed by atoms with Gasteiger partial charge in [0.1, 0.15) is 58.6 Å². The Morgan fingerprint density at radius 3 is 1.95 bits per heavy atom. The molecule has 9 amide bonds. The number of amides is 9. The zero-order valence-electron chi connectivity index (χ0n) is 60.2. The highest BCUT2D eigenvalue weighted by Gasteiger charge is 2.50. The van der Waals surface area contributed by atoms with E-state index in [1.54, 1.807) is 19.2 Å². The van der Waals surface area contributed by atoms with Crippen molar-refractivity contribution in [3.63, 3.8) is 0 Å². The summed E-state index contributed by atoms with van der Waals surface area (Å²) in [5.41, 5.74) is 5.34. The van der Waals surface area contributed by atoms with E-state index in [4.69, 9.17) is 18.9 Å². The minimum absolute atomic E-state index is 0.00619. The summed E-state index contributed by atoms with van der Waals surface area (Å²) in [6.07, 6.45) is -8.67. The number of likely N-dealkylation sites (N-methyl/N-ethyl adjacent to an activating group) is 1. The van der Waals surface area contributed by atoms with Gasteiger partial charge in [-0.25, -0.2) is 4.79 Å². The van der Waals surface area contributed by atoms with Crippen molar-refractivity contribution in [3.8, 4) is 49.5 Å². The first-order valence-corrected chi connectivity index (χ1v) is 36.8.